The van der Waals surface area contributed by atoms with E-state index in [1.54, 1.807) is 6.07 Å². The van der Waals surface area contributed by atoms with E-state index in [2.05, 4.69) is 12.2 Å². The third kappa shape index (κ3) is 6.44. The van der Waals surface area contributed by atoms with Crippen molar-refractivity contribution in [2.45, 2.75) is 36.6 Å². The lowest BCUT2D eigenvalue weighted by Gasteiger charge is -2.16. The summed E-state index contributed by atoms with van der Waals surface area (Å²) in [4.78, 5) is 29.6. The smallest absolute Gasteiger partial charge is 0.326 e. The summed E-state index contributed by atoms with van der Waals surface area (Å²) in [5.74, 6) is -0.293. The third-order valence-electron chi connectivity index (χ3n) is 6.92. The fraction of sp³-hybridized carbons (Fsp3) is 0.233. The molecule has 0 fully saturated rings. The van der Waals surface area contributed by atoms with E-state index in [0.29, 0.717) is 5.56 Å². The minimum atomic E-state index is -3.51. The quantitative estimate of drug-likeness (QED) is 0.283. The first-order valence-corrected chi connectivity index (χ1v) is 15.1. The summed E-state index contributed by atoms with van der Waals surface area (Å²) >= 11 is 6.13. The fourth-order valence-corrected chi connectivity index (χ4v) is 5.68. The topological polar surface area (TPSA) is 132 Å². The first-order valence-electron chi connectivity index (χ1n) is 12.8. The van der Waals surface area contributed by atoms with Crippen LogP contribution >= 0.6 is 11.6 Å². The van der Waals surface area contributed by atoms with Crippen LogP contribution in [0.4, 0.5) is 0 Å². The second kappa shape index (κ2) is 11.4. The molecule has 3 aromatic carbocycles. The first kappa shape index (κ1) is 28.4. The molecule has 1 amide bonds. The number of rotatable bonds is 9. The molecule has 1 aromatic heterocycles. The SMILES string of the molecule is CC(Cc1ccc2c(c1)OCO2)c1ccc2cc(CC(NC(=O)c3ccc(S(C)(=O)=O)cc3Cl)C(=O)O)ccc2n1. The number of benzene rings is 3. The van der Waals surface area contributed by atoms with Crippen molar-refractivity contribution in [3.63, 3.8) is 0 Å². The van der Waals surface area contributed by atoms with Crippen molar-refractivity contribution in [3.8, 4) is 11.5 Å². The molecule has 5 rings (SSSR count). The van der Waals surface area contributed by atoms with Crippen LogP contribution in [-0.4, -0.2) is 49.5 Å². The minimum Gasteiger partial charge on any atom is -0.480 e. The fourth-order valence-electron chi connectivity index (χ4n) is 4.70. The Labute approximate surface area is 242 Å². The molecule has 9 nitrogen and oxygen atoms in total. The number of hydrogen-bond donors (Lipinski definition) is 2. The van der Waals surface area contributed by atoms with Gasteiger partial charge >= 0.3 is 5.97 Å². The van der Waals surface area contributed by atoms with E-state index >= 15 is 0 Å². The van der Waals surface area contributed by atoms with E-state index in [1.165, 1.54) is 18.2 Å². The predicted molar refractivity (Wildman–Crippen MR) is 154 cm³/mol. The molecular weight excluding hydrogens is 568 g/mol. The highest BCUT2D eigenvalue weighted by Crippen LogP contribution is 2.34. The van der Waals surface area contributed by atoms with Crippen molar-refractivity contribution < 1.29 is 32.6 Å². The molecule has 1 aliphatic heterocycles. The molecule has 2 unspecified atom stereocenters. The zero-order chi connectivity index (χ0) is 29.3. The summed E-state index contributed by atoms with van der Waals surface area (Å²) < 4.78 is 34.3. The zero-order valence-electron chi connectivity index (χ0n) is 22.3. The van der Waals surface area contributed by atoms with Crippen molar-refractivity contribution >= 4 is 44.2 Å². The highest BCUT2D eigenvalue weighted by atomic mass is 35.5. The van der Waals surface area contributed by atoms with Gasteiger partial charge in [-0.2, -0.15) is 0 Å². The van der Waals surface area contributed by atoms with E-state index < -0.39 is 27.8 Å². The molecule has 41 heavy (non-hydrogen) atoms. The molecule has 11 heteroatoms. The molecule has 2 N–H and O–H groups in total. The van der Waals surface area contributed by atoms with Crippen LogP contribution in [0.25, 0.3) is 10.9 Å². The molecule has 0 aliphatic carbocycles. The lowest BCUT2D eigenvalue weighted by atomic mass is 9.96. The second-order valence-electron chi connectivity index (χ2n) is 10.0. The Morgan fingerprint density at radius 2 is 1.71 bits per heavy atom. The maximum absolute atomic E-state index is 12.8. The number of fused-ring (bicyclic) bond motifs is 2. The normalized spacial score (nSPS) is 14.0. The van der Waals surface area contributed by atoms with Crippen molar-refractivity contribution in [1.29, 1.82) is 0 Å². The van der Waals surface area contributed by atoms with Crippen LogP contribution in [0.15, 0.2) is 71.6 Å². The molecule has 0 saturated heterocycles. The van der Waals surface area contributed by atoms with Gasteiger partial charge in [0, 0.05) is 29.7 Å². The number of nitrogens with zero attached hydrogens (tertiary/aromatic N) is 1. The Bertz CT molecular complexity index is 1770. The second-order valence-corrected chi connectivity index (χ2v) is 12.5. The molecule has 0 spiro atoms. The van der Waals surface area contributed by atoms with Crippen molar-refractivity contribution in [2.24, 2.45) is 0 Å². The Hall–Kier alpha value is -4.15. The summed E-state index contributed by atoms with van der Waals surface area (Å²) in [6.07, 6.45) is 1.83. The average molecular weight is 595 g/mol. The Morgan fingerprint density at radius 3 is 2.44 bits per heavy atom. The van der Waals surface area contributed by atoms with Crippen LogP contribution in [0.2, 0.25) is 5.02 Å². The number of amides is 1. The van der Waals surface area contributed by atoms with Crippen LogP contribution in [0.5, 0.6) is 11.5 Å². The number of halogens is 1. The highest BCUT2D eigenvalue weighted by Gasteiger charge is 2.23. The maximum atomic E-state index is 12.8. The first-order chi connectivity index (χ1) is 19.5. The molecule has 212 valence electrons. The summed E-state index contributed by atoms with van der Waals surface area (Å²) in [7, 11) is -3.51. The van der Waals surface area contributed by atoms with Crippen molar-refractivity contribution in [3.05, 3.63) is 94.1 Å². The largest absolute Gasteiger partial charge is 0.480 e. The number of nitrogens with one attached hydrogen (secondary N) is 1. The number of hydrogen-bond acceptors (Lipinski definition) is 7. The summed E-state index contributed by atoms with van der Waals surface area (Å²) in [5.41, 5.74) is 3.50. The number of aliphatic carboxylic acids is 1. The zero-order valence-corrected chi connectivity index (χ0v) is 23.8. The Kier molecular flexibility index (Phi) is 7.88. The van der Waals surface area contributed by atoms with Crippen LogP contribution in [-0.2, 0) is 27.5 Å². The number of ether oxygens (including phenoxy) is 2. The number of aromatic nitrogens is 1. The van der Waals surface area contributed by atoms with Crippen LogP contribution in [0.1, 0.15) is 40.0 Å². The van der Waals surface area contributed by atoms with E-state index in [0.717, 1.165) is 46.3 Å². The van der Waals surface area contributed by atoms with Crippen LogP contribution in [0.3, 0.4) is 0 Å². The summed E-state index contributed by atoms with van der Waals surface area (Å²) in [6, 6.07) is 17.8. The van der Waals surface area contributed by atoms with E-state index in [9.17, 15) is 23.1 Å². The van der Waals surface area contributed by atoms with Crippen molar-refractivity contribution in [1.82, 2.24) is 10.3 Å². The van der Waals surface area contributed by atoms with Gasteiger partial charge in [-0.15, -0.1) is 0 Å². The monoisotopic (exact) mass is 594 g/mol. The molecule has 2 heterocycles. The van der Waals surface area contributed by atoms with Gasteiger partial charge in [-0.05, 0) is 66.1 Å². The van der Waals surface area contributed by atoms with Gasteiger partial charge in [0.05, 0.1) is 21.0 Å². The van der Waals surface area contributed by atoms with Gasteiger partial charge in [0.2, 0.25) is 6.79 Å². The van der Waals surface area contributed by atoms with Gasteiger partial charge < -0.3 is 19.9 Å². The number of carbonyl (C=O) groups is 2. The maximum Gasteiger partial charge on any atom is 0.326 e. The van der Waals surface area contributed by atoms with E-state index in [1.807, 2.05) is 42.5 Å². The number of pyridine rings is 1. The van der Waals surface area contributed by atoms with E-state index in [4.69, 9.17) is 26.1 Å². The number of carbonyl (C=O) groups excluding carboxylic acids is 1. The van der Waals surface area contributed by atoms with Gasteiger partial charge in [0.1, 0.15) is 6.04 Å². The van der Waals surface area contributed by atoms with Crippen LogP contribution < -0.4 is 14.8 Å². The van der Waals surface area contributed by atoms with Crippen LogP contribution in [0, 0.1) is 0 Å². The summed E-state index contributed by atoms with van der Waals surface area (Å²) in [6.45, 7) is 2.34. The van der Waals surface area contributed by atoms with Gasteiger partial charge in [-0.3, -0.25) is 9.78 Å². The highest BCUT2D eigenvalue weighted by molar-refractivity contribution is 7.90. The number of carboxylic acid groups (broad SMARTS) is 1. The molecule has 0 radical (unpaired) electrons. The lowest BCUT2D eigenvalue weighted by Crippen LogP contribution is -2.42. The molecule has 1 aliphatic rings. The average Bonchev–Trinajstić information content (AvgIpc) is 3.39. The lowest BCUT2D eigenvalue weighted by molar-refractivity contribution is -0.139. The van der Waals surface area contributed by atoms with E-state index in [-0.39, 0.29) is 34.6 Å². The number of carboxylic acids is 1. The molecule has 0 bridgehead atoms. The Balaban J connectivity index is 1.28. The summed E-state index contributed by atoms with van der Waals surface area (Å²) in [5, 5.41) is 13.0. The van der Waals surface area contributed by atoms with Gasteiger partial charge in [0.25, 0.3) is 5.91 Å². The third-order valence-corrected chi connectivity index (χ3v) is 8.34. The Morgan fingerprint density at radius 1 is 0.976 bits per heavy atom. The minimum absolute atomic E-state index is 0.0181. The van der Waals surface area contributed by atoms with Gasteiger partial charge in [0.15, 0.2) is 21.3 Å². The molecular formula is C30H27ClN2O7S. The molecule has 2 atom stereocenters. The number of sulfone groups is 1. The standard InChI is InChI=1S/C30H27ClN2O7S/c1-17(11-18-4-10-27-28(14-18)40-16-39-27)24-9-5-20-12-19(3-8-25(20)32-24)13-26(30(35)36)33-29(34)22-7-6-21(15-23(22)31)41(2,37)38/h3-10,12,14-15,17,26H,11,13,16H2,1-2H3,(H,33,34)(H,35,36). The van der Waals surface area contributed by atoms with Gasteiger partial charge in [-0.25, -0.2) is 13.2 Å². The molecule has 4 aromatic rings. The molecule has 0 saturated carbocycles. The van der Waals surface area contributed by atoms with Gasteiger partial charge in [-0.1, -0.05) is 36.7 Å². The predicted octanol–water partition coefficient (Wildman–Crippen LogP) is 4.79. The van der Waals surface area contributed by atoms with Crippen molar-refractivity contribution in [2.75, 3.05) is 13.0 Å².